The first-order valence-electron chi connectivity index (χ1n) is 11.6. The molecule has 1 aromatic heterocycles. The predicted molar refractivity (Wildman–Crippen MR) is 130 cm³/mol. The number of fused-ring (bicyclic) bond motifs is 1. The molecular weight excluding hydrogens is 416 g/mol. The number of hydrogen-bond acceptors (Lipinski definition) is 5. The van der Waals surface area contributed by atoms with Crippen LogP contribution in [0.4, 0.5) is 5.69 Å². The van der Waals surface area contributed by atoms with Crippen molar-refractivity contribution in [1.29, 1.82) is 0 Å². The lowest BCUT2D eigenvalue weighted by Crippen LogP contribution is -2.49. The molecule has 0 atom stereocenters. The highest BCUT2D eigenvalue weighted by atomic mass is 16.2. The van der Waals surface area contributed by atoms with Crippen LogP contribution < -0.4 is 10.5 Å². The Bertz CT molecular complexity index is 1210. The molecule has 1 aliphatic rings. The number of aromatic nitrogens is 2. The Morgan fingerprint density at radius 2 is 1.58 bits per heavy atom. The van der Waals surface area contributed by atoms with Crippen molar-refractivity contribution >= 4 is 28.2 Å². The molecule has 0 radical (unpaired) electrons. The van der Waals surface area contributed by atoms with Crippen LogP contribution in [0.5, 0.6) is 0 Å². The van der Waals surface area contributed by atoms with E-state index in [2.05, 4.69) is 16.9 Å². The monoisotopic (exact) mass is 446 g/mol. The highest BCUT2D eigenvalue weighted by Crippen LogP contribution is 2.20. The summed E-state index contributed by atoms with van der Waals surface area (Å²) in [4.78, 5) is 41.9. The summed E-state index contributed by atoms with van der Waals surface area (Å²) in [5.41, 5.74) is 1.94. The molecule has 4 rings (SSSR count). The number of aryl methyl sites for hydroxylation is 1. The van der Waals surface area contributed by atoms with Gasteiger partial charge < -0.3 is 9.80 Å². The molecule has 172 valence electrons. The second kappa shape index (κ2) is 9.98. The molecule has 1 amide bonds. The van der Waals surface area contributed by atoms with E-state index < -0.39 is 0 Å². The highest BCUT2D eigenvalue weighted by molar-refractivity contribution is 6.04. The number of ketones is 1. The summed E-state index contributed by atoms with van der Waals surface area (Å²) in [7, 11) is 0. The molecule has 0 spiro atoms. The SMILES string of the molecule is CCCCCn1nc(C(=O)N2CCN(c3ccc(C(C)=O)cc3)CC2)c2ccccc2c1=O. The fraction of sp³-hybridized carbons (Fsp3) is 0.385. The number of hydrogen-bond donors (Lipinski definition) is 0. The van der Waals surface area contributed by atoms with Crippen molar-refractivity contribution in [2.45, 2.75) is 39.7 Å². The maximum Gasteiger partial charge on any atom is 0.275 e. The van der Waals surface area contributed by atoms with E-state index in [1.807, 2.05) is 41.3 Å². The third kappa shape index (κ3) is 4.82. The summed E-state index contributed by atoms with van der Waals surface area (Å²) >= 11 is 0. The zero-order valence-corrected chi connectivity index (χ0v) is 19.3. The van der Waals surface area contributed by atoms with E-state index in [0.29, 0.717) is 54.8 Å². The zero-order chi connectivity index (χ0) is 23.4. The van der Waals surface area contributed by atoms with Gasteiger partial charge in [0.15, 0.2) is 11.5 Å². The van der Waals surface area contributed by atoms with Crippen molar-refractivity contribution in [1.82, 2.24) is 14.7 Å². The van der Waals surface area contributed by atoms with E-state index in [0.717, 1.165) is 24.9 Å². The average Bonchev–Trinajstić information content (AvgIpc) is 2.85. The molecule has 2 aromatic carbocycles. The van der Waals surface area contributed by atoms with Crippen LogP contribution in [0.1, 0.15) is 54.0 Å². The molecule has 3 aromatic rings. The van der Waals surface area contributed by atoms with Gasteiger partial charge in [0.25, 0.3) is 11.5 Å². The number of piperazine rings is 1. The van der Waals surface area contributed by atoms with Crippen LogP contribution in [0.15, 0.2) is 53.3 Å². The predicted octanol–water partition coefficient (Wildman–Crippen LogP) is 3.75. The van der Waals surface area contributed by atoms with Crippen molar-refractivity contribution in [3.05, 3.63) is 70.1 Å². The normalized spacial score (nSPS) is 14.0. The summed E-state index contributed by atoms with van der Waals surface area (Å²) < 4.78 is 1.46. The maximum absolute atomic E-state index is 13.5. The fourth-order valence-electron chi connectivity index (χ4n) is 4.28. The summed E-state index contributed by atoms with van der Waals surface area (Å²) in [5.74, 6) is -0.0882. The number of benzene rings is 2. The molecular formula is C26H30N4O3. The summed E-state index contributed by atoms with van der Waals surface area (Å²) in [6.07, 6.45) is 2.92. The molecule has 0 saturated carbocycles. The van der Waals surface area contributed by atoms with Gasteiger partial charge in [-0.1, -0.05) is 38.0 Å². The fourth-order valence-corrected chi connectivity index (χ4v) is 4.28. The minimum atomic E-state index is -0.142. The number of rotatable bonds is 7. The van der Waals surface area contributed by atoms with Crippen LogP contribution in [-0.2, 0) is 6.54 Å². The number of Topliss-reactive ketones (excluding diaryl/α,β-unsaturated/α-hetero) is 1. The molecule has 2 heterocycles. The first-order valence-corrected chi connectivity index (χ1v) is 11.6. The van der Waals surface area contributed by atoms with Gasteiger partial charge in [-0.3, -0.25) is 14.4 Å². The largest absolute Gasteiger partial charge is 0.368 e. The lowest BCUT2D eigenvalue weighted by molar-refractivity contribution is 0.0740. The van der Waals surface area contributed by atoms with Gasteiger partial charge >= 0.3 is 0 Å². The Kier molecular flexibility index (Phi) is 6.87. The second-order valence-electron chi connectivity index (χ2n) is 8.51. The Hall–Kier alpha value is -3.48. The van der Waals surface area contributed by atoms with Gasteiger partial charge in [0.2, 0.25) is 0 Å². The third-order valence-corrected chi connectivity index (χ3v) is 6.25. The number of unbranched alkanes of at least 4 members (excludes halogenated alkanes) is 2. The van der Waals surface area contributed by atoms with Crippen LogP contribution in [-0.4, -0.2) is 52.5 Å². The molecule has 7 heteroatoms. The molecule has 0 aliphatic carbocycles. The van der Waals surface area contributed by atoms with Crippen molar-refractivity contribution < 1.29 is 9.59 Å². The van der Waals surface area contributed by atoms with Crippen molar-refractivity contribution in [2.24, 2.45) is 0 Å². The van der Waals surface area contributed by atoms with Crippen LogP contribution >= 0.6 is 0 Å². The Labute approximate surface area is 193 Å². The zero-order valence-electron chi connectivity index (χ0n) is 19.3. The third-order valence-electron chi connectivity index (χ3n) is 6.25. The van der Waals surface area contributed by atoms with E-state index in [1.54, 1.807) is 19.1 Å². The van der Waals surface area contributed by atoms with Crippen molar-refractivity contribution in [3.63, 3.8) is 0 Å². The Morgan fingerprint density at radius 1 is 0.909 bits per heavy atom. The van der Waals surface area contributed by atoms with Crippen molar-refractivity contribution in [3.8, 4) is 0 Å². The van der Waals surface area contributed by atoms with Crippen LogP contribution in [0.25, 0.3) is 10.8 Å². The Balaban J connectivity index is 1.53. The van der Waals surface area contributed by atoms with E-state index in [1.165, 1.54) is 4.68 Å². The molecule has 0 N–H and O–H groups in total. The second-order valence-corrected chi connectivity index (χ2v) is 8.51. The number of amides is 1. The van der Waals surface area contributed by atoms with E-state index in [-0.39, 0.29) is 17.2 Å². The van der Waals surface area contributed by atoms with Crippen LogP contribution in [0.3, 0.4) is 0 Å². The molecule has 0 unspecified atom stereocenters. The van der Waals surface area contributed by atoms with Gasteiger partial charge in [0.05, 0.1) is 5.39 Å². The number of anilines is 1. The highest BCUT2D eigenvalue weighted by Gasteiger charge is 2.26. The minimum Gasteiger partial charge on any atom is -0.368 e. The topological polar surface area (TPSA) is 75.5 Å². The first kappa shape index (κ1) is 22.7. The van der Waals surface area contributed by atoms with Gasteiger partial charge in [-0.25, -0.2) is 4.68 Å². The van der Waals surface area contributed by atoms with Gasteiger partial charge in [-0.15, -0.1) is 0 Å². The van der Waals surface area contributed by atoms with Gasteiger partial charge in [0, 0.05) is 49.4 Å². The van der Waals surface area contributed by atoms with Crippen LogP contribution in [0, 0.1) is 0 Å². The molecule has 0 bridgehead atoms. The summed E-state index contributed by atoms with van der Waals surface area (Å²) in [6, 6.07) is 14.8. The van der Waals surface area contributed by atoms with Crippen molar-refractivity contribution in [2.75, 3.05) is 31.1 Å². The lowest BCUT2D eigenvalue weighted by Gasteiger charge is -2.36. The van der Waals surface area contributed by atoms with E-state index in [4.69, 9.17) is 0 Å². The van der Waals surface area contributed by atoms with Gasteiger partial charge in [-0.05, 0) is 43.7 Å². The smallest absolute Gasteiger partial charge is 0.275 e. The standard InChI is InChI=1S/C26H30N4O3/c1-3-4-7-14-30-25(32)23-9-6-5-8-22(23)24(27-30)26(33)29-17-15-28(16-18-29)21-12-10-20(11-13-21)19(2)31/h5-6,8-13H,3-4,7,14-18H2,1-2H3. The van der Waals surface area contributed by atoms with Crippen LogP contribution in [0.2, 0.25) is 0 Å². The van der Waals surface area contributed by atoms with E-state index in [9.17, 15) is 14.4 Å². The lowest BCUT2D eigenvalue weighted by atomic mass is 10.1. The average molecular weight is 447 g/mol. The number of carbonyl (C=O) groups is 2. The molecule has 1 saturated heterocycles. The van der Waals surface area contributed by atoms with Gasteiger partial charge in [-0.2, -0.15) is 5.10 Å². The molecule has 1 aliphatic heterocycles. The molecule has 1 fully saturated rings. The quantitative estimate of drug-likeness (QED) is 0.408. The number of nitrogens with zero attached hydrogens (tertiary/aromatic N) is 4. The van der Waals surface area contributed by atoms with E-state index >= 15 is 0 Å². The van der Waals surface area contributed by atoms with Gasteiger partial charge in [0.1, 0.15) is 0 Å². The number of carbonyl (C=O) groups excluding carboxylic acids is 2. The maximum atomic E-state index is 13.5. The summed E-state index contributed by atoms with van der Waals surface area (Å²) in [5, 5.41) is 5.67. The minimum absolute atomic E-state index is 0.0488. The molecule has 7 nitrogen and oxygen atoms in total. The first-order chi connectivity index (χ1) is 16.0. The Morgan fingerprint density at radius 3 is 2.21 bits per heavy atom. The summed E-state index contributed by atoms with van der Waals surface area (Å²) in [6.45, 7) is 6.71. The molecule has 33 heavy (non-hydrogen) atoms.